The Morgan fingerprint density at radius 2 is 1.94 bits per heavy atom. The Balaban J connectivity index is 2.48. The number of hydrogen-bond donors (Lipinski definition) is 1. The van der Waals surface area contributed by atoms with E-state index in [2.05, 4.69) is 8.37 Å². The second kappa shape index (κ2) is 6.26. The summed E-state index contributed by atoms with van der Waals surface area (Å²) in [7, 11) is -4.06. The zero-order chi connectivity index (χ0) is 11.9. The van der Waals surface area contributed by atoms with E-state index in [1.165, 1.54) is 6.08 Å². The molecule has 0 unspecified atom stereocenters. The standard InChI is InChI=1S/C10H12O5S/c11-7-9-15-16(12,13)14-8-6-10-4-2-1-3-5-10/h1-6,8,11H,7,9H2. The van der Waals surface area contributed by atoms with Crippen molar-refractivity contribution in [3.8, 4) is 0 Å². The Morgan fingerprint density at radius 1 is 1.25 bits per heavy atom. The normalized spacial score (nSPS) is 11.8. The molecule has 0 amide bonds. The van der Waals surface area contributed by atoms with Crippen LogP contribution in [-0.2, 0) is 18.8 Å². The van der Waals surface area contributed by atoms with Crippen molar-refractivity contribution in [3.63, 3.8) is 0 Å². The topological polar surface area (TPSA) is 72.8 Å². The van der Waals surface area contributed by atoms with E-state index in [9.17, 15) is 8.42 Å². The first-order valence-electron chi connectivity index (χ1n) is 4.54. The van der Waals surface area contributed by atoms with Gasteiger partial charge in [-0.05, 0) is 11.6 Å². The molecule has 88 valence electrons. The highest BCUT2D eigenvalue weighted by Crippen LogP contribution is 2.03. The van der Waals surface area contributed by atoms with Gasteiger partial charge in [-0.2, -0.15) is 8.42 Å². The Labute approximate surface area is 94.3 Å². The number of aliphatic hydroxyl groups excluding tert-OH is 1. The van der Waals surface area contributed by atoms with Crippen LogP contribution in [0.4, 0.5) is 0 Å². The van der Waals surface area contributed by atoms with E-state index in [-0.39, 0.29) is 13.2 Å². The second-order valence-corrected chi connectivity index (χ2v) is 4.01. The quantitative estimate of drug-likeness (QED) is 0.753. The van der Waals surface area contributed by atoms with E-state index in [0.717, 1.165) is 11.8 Å². The van der Waals surface area contributed by atoms with E-state index in [4.69, 9.17) is 5.11 Å². The van der Waals surface area contributed by atoms with Crippen LogP contribution < -0.4 is 0 Å². The lowest BCUT2D eigenvalue weighted by Crippen LogP contribution is -2.09. The fourth-order valence-corrected chi connectivity index (χ4v) is 1.43. The minimum Gasteiger partial charge on any atom is -0.394 e. The molecule has 0 aliphatic heterocycles. The van der Waals surface area contributed by atoms with Gasteiger partial charge in [0.2, 0.25) is 0 Å². The SMILES string of the molecule is O=S(=O)(OC=Cc1ccccc1)OCCO. The lowest BCUT2D eigenvalue weighted by Gasteiger charge is -2.01. The van der Waals surface area contributed by atoms with E-state index >= 15 is 0 Å². The minimum atomic E-state index is -4.06. The lowest BCUT2D eigenvalue weighted by molar-refractivity contribution is 0.185. The van der Waals surface area contributed by atoms with Gasteiger partial charge in [-0.15, -0.1) is 0 Å². The third kappa shape index (κ3) is 4.92. The zero-order valence-corrected chi connectivity index (χ0v) is 9.26. The van der Waals surface area contributed by atoms with Gasteiger partial charge in [0.25, 0.3) is 0 Å². The molecule has 5 nitrogen and oxygen atoms in total. The fourth-order valence-electron chi connectivity index (χ4n) is 0.906. The van der Waals surface area contributed by atoms with Crippen LogP contribution in [0.25, 0.3) is 6.08 Å². The maximum Gasteiger partial charge on any atom is 0.448 e. The third-order valence-corrected chi connectivity index (χ3v) is 2.35. The summed E-state index contributed by atoms with van der Waals surface area (Å²) in [6.45, 7) is -0.702. The minimum absolute atomic E-state index is 0.318. The van der Waals surface area contributed by atoms with Crippen LogP contribution in [0.15, 0.2) is 36.6 Å². The van der Waals surface area contributed by atoms with Gasteiger partial charge in [0.05, 0.1) is 13.2 Å². The average Bonchev–Trinajstić information content (AvgIpc) is 2.28. The molecule has 0 saturated carbocycles. The van der Waals surface area contributed by atoms with Crippen LogP contribution in [0.5, 0.6) is 0 Å². The van der Waals surface area contributed by atoms with E-state index in [0.29, 0.717) is 0 Å². The Bertz CT molecular complexity index is 424. The molecule has 0 heterocycles. The largest absolute Gasteiger partial charge is 0.448 e. The molecule has 6 heteroatoms. The molecule has 1 rings (SSSR count). The monoisotopic (exact) mass is 244 g/mol. The summed E-state index contributed by atoms with van der Waals surface area (Å²) in [4.78, 5) is 0. The van der Waals surface area contributed by atoms with E-state index < -0.39 is 10.4 Å². The van der Waals surface area contributed by atoms with Crippen molar-refractivity contribution < 1.29 is 21.9 Å². The molecule has 1 aromatic carbocycles. The molecular formula is C10H12O5S. The smallest absolute Gasteiger partial charge is 0.394 e. The van der Waals surface area contributed by atoms with E-state index in [1.54, 1.807) is 12.1 Å². The molecule has 0 saturated heterocycles. The molecule has 0 atom stereocenters. The molecule has 0 aromatic heterocycles. The number of aliphatic hydroxyl groups is 1. The first-order valence-corrected chi connectivity index (χ1v) is 5.87. The van der Waals surface area contributed by atoms with E-state index in [1.807, 2.05) is 18.2 Å². The van der Waals surface area contributed by atoms with Crippen LogP contribution in [-0.4, -0.2) is 26.7 Å². The number of benzene rings is 1. The highest BCUT2D eigenvalue weighted by atomic mass is 32.3. The van der Waals surface area contributed by atoms with Crippen LogP contribution in [0.3, 0.4) is 0 Å². The molecule has 0 bridgehead atoms. The summed E-state index contributed by atoms with van der Waals surface area (Å²) < 4.78 is 30.6. The Hall–Kier alpha value is -1.37. The lowest BCUT2D eigenvalue weighted by atomic mass is 10.2. The molecule has 1 N–H and O–H groups in total. The molecule has 1 aromatic rings. The van der Waals surface area contributed by atoms with Crippen LogP contribution in [0.2, 0.25) is 0 Å². The van der Waals surface area contributed by atoms with Crippen LogP contribution >= 0.6 is 0 Å². The van der Waals surface area contributed by atoms with Gasteiger partial charge >= 0.3 is 10.4 Å². The van der Waals surface area contributed by atoms with Gasteiger partial charge in [0, 0.05) is 0 Å². The Morgan fingerprint density at radius 3 is 2.56 bits per heavy atom. The molecule has 0 spiro atoms. The molecule has 0 radical (unpaired) electrons. The molecule has 0 aliphatic rings. The van der Waals surface area contributed by atoms with Crippen LogP contribution in [0, 0.1) is 0 Å². The third-order valence-electron chi connectivity index (χ3n) is 1.55. The highest BCUT2D eigenvalue weighted by Gasteiger charge is 2.08. The summed E-state index contributed by atoms with van der Waals surface area (Å²) in [6.07, 6.45) is 2.50. The molecule has 16 heavy (non-hydrogen) atoms. The predicted octanol–water partition coefficient (Wildman–Crippen LogP) is 0.928. The van der Waals surface area contributed by atoms with Crippen molar-refractivity contribution in [3.05, 3.63) is 42.2 Å². The van der Waals surface area contributed by atoms with Gasteiger partial charge in [-0.25, -0.2) is 4.18 Å². The van der Waals surface area contributed by atoms with Crippen molar-refractivity contribution in [1.82, 2.24) is 0 Å². The summed E-state index contributed by atoms with van der Waals surface area (Å²) in [5, 5.41) is 8.37. The average molecular weight is 244 g/mol. The first kappa shape index (κ1) is 12.7. The van der Waals surface area contributed by atoms with Crippen molar-refractivity contribution in [2.75, 3.05) is 13.2 Å². The fraction of sp³-hybridized carbons (Fsp3) is 0.200. The summed E-state index contributed by atoms with van der Waals surface area (Å²) >= 11 is 0. The maximum absolute atomic E-state index is 11.0. The molecular weight excluding hydrogens is 232 g/mol. The maximum atomic E-state index is 11.0. The van der Waals surface area contributed by atoms with Gasteiger partial charge in [-0.1, -0.05) is 30.3 Å². The second-order valence-electron chi connectivity index (χ2n) is 2.76. The van der Waals surface area contributed by atoms with Crippen molar-refractivity contribution >= 4 is 16.5 Å². The van der Waals surface area contributed by atoms with Gasteiger partial charge in [-0.3, -0.25) is 0 Å². The first-order chi connectivity index (χ1) is 7.64. The zero-order valence-electron chi connectivity index (χ0n) is 8.44. The summed E-state index contributed by atoms with van der Waals surface area (Å²) in [5.74, 6) is 0. The summed E-state index contributed by atoms with van der Waals surface area (Å²) in [6, 6.07) is 9.06. The highest BCUT2D eigenvalue weighted by molar-refractivity contribution is 7.81. The van der Waals surface area contributed by atoms with Crippen LogP contribution in [0.1, 0.15) is 5.56 Å². The van der Waals surface area contributed by atoms with Gasteiger partial charge in [0.15, 0.2) is 0 Å². The van der Waals surface area contributed by atoms with Crippen molar-refractivity contribution in [2.45, 2.75) is 0 Å². The predicted molar refractivity (Wildman–Crippen MR) is 58.5 cm³/mol. The number of hydrogen-bond acceptors (Lipinski definition) is 5. The van der Waals surface area contributed by atoms with Crippen molar-refractivity contribution in [1.29, 1.82) is 0 Å². The van der Waals surface area contributed by atoms with Crippen molar-refractivity contribution in [2.24, 2.45) is 0 Å². The van der Waals surface area contributed by atoms with Gasteiger partial charge < -0.3 is 9.29 Å². The Kier molecular flexibility index (Phi) is 4.97. The molecule has 0 fully saturated rings. The van der Waals surface area contributed by atoms with Gasteiger partial charge in [0.1, 0.15) is 6.26 Å². The number of rotatable bonds is 6. The summed E-state index contributed by atoms with van der Waals surface area (Å²) in [5.41, 5.74) is 0.805. The molecule has 0 aliphatic carbocycles.